The van der Waals surface area contributed by atoms with Crippen molar-refractivity contribution in [1.29, 1.82) is 0 Å². The monoisotopic (exact) mass is 232 g/mol. The van der Waals surface area contributed by atoms with E-state index in [1.807, 2.05) is 32.0 Å². The van der Waals surface area contributed by atoms with Gasteiger partial charge in [-0.05, 0) is 37.1 Å². The van der Waals surface area contributed by atoms with Crippen molar-refractivity contribution in [1.82, 2.24) is 0 Å². The first-order valence-electron chi connectivity index (χ1n) is 5.57. The van der Waals surface area contributed by atoms with Crippen molar-refractivity contribution < 1.29 is 14.7 Å². The van der Waals surface area contributed by atoms with Gasteiger partial charge in [0.25, 0.3) is 0 Å². The van der Waals surface area contributed by atoms with Gasteiger partial charge in [0.15, 0.2) is 0 Å². The fraction of sp³-hybridized carbons (Fsp3) is 0.385. The number of nitrogens with zero attached hydrogens (tertiary/aromatic N) is 1. The first kappa shape index (κ1) is 11.6. The number of hydrogen-bond donors (Lipinski definition) is 0. The summed E-state index contributed by atoms with van der Waals surface area (Å²) in [4.78, 5) is 24.0. The number of carboxylic acid groups (broad SMARTS) is 1. The molecule has 90 valence electrons. The largest absolute Gasteiger partial charge is 0.550 e. The molecule has 1 atom stereocenters. The normalized spacial score (nSPS) is 19.8. The Morgan fingerprint density at radius 1 is 1.29 bits per heavy atom. The van der Waals surface area contributed by atoms with Gasteiger partial charge in [0.2, 0.25) is 5.91 Å². The molecule has 1 aliphatic rings. The molecule has 1 aromatic carbocycles. The lowest BCUT2D eigenvalue weighted by molar-refractivity contribution is -0.310. The van der Waals surface area contributed by atoms with Gasteiger partial charge in [0.1, 0.15) is 0 Å². The maximum Gasteiger partial charge on any atom is 0.227 e. The molecule has 4 nitrogen and oxygen atoms in total. The molecule has 0 saturated carbocycles. The molecule has 0 bridgehead atoms. The summed E-state index contributed by atoms with van der Waals surface area (Å²) < 4.78 is 0. The van der Waals surface area contributed by atoms with Crippen LogP contribution < -0.4 is 10.0 Å². The van der Waals surface area contributed by atoms with Crippen LogP contribution in [-0.4, -0.2) is 18.4 Å². The summed E-state index contributed by atoms with van der Waals surface area (Å²) in [6, 6.07) is 5.80. The summed E-state index contributed by atoms with van der Waals surface area (Å²) in [6.45, 7) is 4.12. The third-order valence-corrected chi connectivity index (χ3v) is 2.98. The van der Waals surface area contributed by atoms with E-state index in [0.29, 0.717) is 0 Å². The van der Waals surface area contributed by atoms with Crippen molar-refractivity contribution in [3.8, 4) is 0 Å². The quantitative estimate of drug-likeness (QED) is 0.741. The van der Waals surface area contributed by atoms with E-state index in [4.69, 9.17) is 0 Å². The number of aryl methyl sites for hydroxylation is 2. The number of amides is 1. The lowest BCUT2D eigenvalue weighted by Crippen LogP contribution is -2.33. The van der Waals surface area contributed by atoms with Crippen LogP contribution >= 0.6 is 0 Å². The molecule has 1 saturated heterocycles. The fourth-order valence-electron chi connectivity index (χ4n) is 2.22. The van der Waals surface area contributed by atoms with Crippen LogP contribution in [0.25, 0.3) is 0 Å². The van der Waals surface area contributed by atoms with Gasteiger partial charge in [0, 0.05) is 30.5 Å². The number of aliphatic carboxylic acids is 1. The SMILES string of the molecule is Cc1cc(C)cc(N2C[C@@H](C(=O)[O-])CC2=O)c1. The molecule has 1 aliphatic heterocycles. The Hall–Kier alpha value is -1.84. The summed E-state index contributed by atoms with van der Waals surface area (Å²) in [5, 5.41) is 10.8. The summed E-state index contributed by atoms with van der Waals surface area (Å²) in [7, 11) is 0. The number of benzene rings is 1. The van der Waals surface area contributed by atoms with Crippen LogP contribution in [0.1, 0.15) is 17.5 Å². The highest BCUT2D eigenvalue weighted by Crippen LogP contribution is 2.26. The molecule has 0 N–H and O–H groups in total. The van der Waals surface area contributed by atoms with Gasteiger partial charge in [-0.2, -0.15) is 0 Å². The molecule has 0 aliphatic carbocycles. The second-order valence-corrected chi connectivity index (χ2v) is 4.57. The smallest absolute Gasteiger partial charge is 0.227 e. The second kappa shape index (κ2) is 4.20. The van der Waals surface area contributed by atoms with Crippen molar-refractivity contribution in [2.45, 2.75) is 20.3 Å². The molecule has 4 heteroatoms. The predicted molar refractivity (Wildman–Crippen MR) is 61.4 cm³/mol. The minimum absolute atomic E-state index is 0.0370. The Morgan fingerprint density at radius 3 is 2.35 bits per heavy atom. The highest BCUT2D eigenvalue weighted by Gasteiger charge is 2.31. The minimum Gasteiger partial charge on any atom is -0.550 e. The van der Waals surface area contributed by atoms with Crippen molar-refractivity contribution in [2.75, 3.05) is 11.4 Å². The third kappa shape index (κ3) is 2.30. The Labute approximate surface area is 99.9 Å². The molecule has 1 fully saturated rings. The number of rotatable bonds is 2. The lowest BCUT2D eigenvalue weighted by Gasteiger charge is -2.18. The first-order valence-corrected chi connectivity index (χ1v) is 5.57. The zero-order valence-electron chi connectivity index (χ0n) is 9.90. The molecule has 0 aromatic heterocycles. The summed E-state index contributed by atoms with van der Waals surface area (Å²) in [6.07, 6.45) is 0.0370. The second-order valence-electron chi connectivity index (χ2n) is 4.57. The van der Waals surface area contributed by atoms with Crippen LogP contribution in [0, 0.1) is 19.8 Å². The van der Waals surface area contributed by atoms with Crippen LogP contribution in [0.15, 0.2) is 18.2 Å². The number of carbonyl (C=O) groups excluding carboxylic acids is 2. The van der Waals surface area contributed by atoms with Crippen LogP contribution in [0.2, 0.25) is 0 Å². The number of hydrogen-bond acceptors (Lipinski definition) is 3. The van der Waals surface area contributed by atoms with E-state index >= 15 is 0 Å². The van der Waals surface area contributed by atoms with E-state index in [1.54, 1.807) is 0 Å². The predicted octanol–water partition coefficient (Wildman–Crippen LogP) is 0.406. The topological polar surface area (TPSA) is 60.4 Å². The van der Waals surface area contributed by atoms with Gasteiger partial charge in [-0.15, -0.1) is 0 Å². The Kier molecular flexibility index (Phi) is 2.88. The average molecular weight is 232 g/mol. The molecule has 1 heterocycles. The Bertz CT molecular complexity index is 461. The molecule has 0 spiro atoms. The van der Waals surface area contributed by atoms with E-state index in [1.165, 1.54) is 4.90 Å². The van der Waals surface area contributed by atoms with Crippen LogP contribution in [0.5, 0.6) is 0 Å². The lowest BCUT2D eigenvalue weighted by atomic mass is 10.1. The summed E-state index contributed by atoms with van der Waals surface area (Å²) >= 11 is 0. The zero-order chi connectivity index (χ0) is 12.6. The first-order chi connectivity index (χ1) is 7.97. The third-order valence-electron chi connectivity index (χ3n) is 2.98. The minimum atomic E-state index is -1.15. The molecule has 1 amide bonds. The Morgan fingerprint density at radius 2 is 1.88 bits per heavy atom. The molecular formula is C13H14NO3-. The molecule has 2 rings (SSSR count). The van der Waals surface area contributed by atoms with Gasteiger partial charge < -0.3 is 14.8 Å². The standard InChI is InChI=1S/C13H15NO3/c1-8-3-9(2)5-11(4-8)14-7-10(13(16)17)6-12(14)15/h3-5,10H,6-7H2,1-2H3,(H,16,17)/p-1/t10-/m0/s1. The van der Waals surface area contributed by atoms with Gasteiger partial charge in [-0.1, -0.05) is 6.07 Å². The van der Waals surface area contributed by atoms with Gasteiger partial charge >= 0.3 is 0 Å². The van der Waals surface area contributed by atoms with Crippen molar-refractivity contribution in [3.05, 3.63) is 29.3 Å². The van der Waals surface area contributed by atoms with Crippen LogP contribution in [0.4, 0.5) is 5.69 Å². The molecule has 1 aromatic rings. The maximum atomic E-state index is 11.7. The highest BCUT2D eigenvalue weighted by molar-refractivity contribution is 5.99. The number of anilines is 1. The zero-order valence-corrected chi connectivity index (χ0v) is 9.90. The molecule has 0 unspecified atom stereocenters. The van der Waals surface area contributed by atoms with Crippen molar-refractivity contribution in [2.24, 2.45) is 5.92 Å². The number of carbonyl (C=O) groups is 2. The van der Waals surface area contributed by atoms with E-state index in [0.717, 1.165) is 16.8 Å². The van der Waals surface area contributed by atoms with Crippen LogP contribution in [0.3, 0.4) is 0 Å². The van der Waals surface area contributed by atoms with Gasteiger partial charge in [-0.25, -0.2) is 0 Å². The van der Waals surface area contributed by atoms with E-state index in [2.05, 4.69) is 0 Å². The van der Waals surface area contributed by atoms with Crippen LogP contribution in [-0.2, 0) is 9.59 Å². The summed E-state index contributed by atoms with van der Waals surface area (Å²) in [5.41, 5.74) is 2.89. The maximum absolute atomic E-state index is 11.7. The van der Waals surface area contributed by atoms with Crippen molar-refractivity contribution >= 4 is 17.6 Å². The molecule has 0 radical (unpaired) electrons. The fourth-order valence-corrected chi connectivity index (χ4v) is 2.22. The van der Waals surface area contributed by atoms with Crippen molar-refractivity contribution in [3.63, 3.8) is 0 Å². The van der Waals surface area contributed by atoms with Gasteiger partial charge in [-0.3, -0.25) is 4.79 Å². The number of carboxylic acids is 1. The molecule has 17 heavy (non-hydrogen) atoms. The summed E-state index contributed by atoms with van der Waals surface area (Å²) in [5.74, 6) is -1.99. The van der Waals surface area contributed by atoms with E-state index in [-0.39, 0.29) is 18.9 Å². The van der Waals surface area contributed by atoms with E-state index in [9.17, 15) is 14.7 Å². The molecular weight excluding hydrogens is 218 g/mol. The average Bonchev–Trinajstić information content (AvgIpc) is 2.59. The Balaban J connectivity index is 2.28. The van der Waals surface area contributed by atoms with Gasteiger partial charge in [0.05, 0.1) is 0 Å². The highest BCUT2D eigenvalue weighted by atomic mass is 16.4. The van der Waals surface area contributed by atoms with E-state index < -0.39 is 11.9 Å².